The molecular weight excluding hydrogens is 128 g/mol. The lowest BCUT2D eigenvalue weighted by Crippen LogP contribution is -1.98. The lowest BCUT2D eigenvalue weighted by molar-refractivity contribution is -0.140. The molecule has 0 spiro atoms. The molecule has 0 radical (unpaired) electrons. The summed E-state index contributed by atoms with van der Waals surface area (Å²) in [6, 6.07) is 0. The highest BCUT2D eigenvalue weighted by Gasteiger charge is 1.85. The van der Waals surface area contributed by atoms with Gasteiger partial charge in [0.15, 0.2) is 0 Å². The average molecular weight is 144 g/mol. The van der Waals surface area contributed by atoms with E-state index in [-0.39, 0.29) is 5.97 Å². The summed E-state index contributed by atoms with van der Waals surface area (Å²) >= 11 is 0. The fourth-order valence-corrected chi connectivity index (χ4v) is 0.246. The molecule has 0 N–H and O–H groups in total. The second-order valence-corrected chi connectivity index (χ2v) is 1.75. The maximum atomic E-state index is 9.98. The van der Waals surface area contributed by atoms with Crippen molar-refractivity contribution in [2.45, 2.75) is 27.2 Å². The van der Waals surface area contributed by atoms with Gasteiger partial charge < -0.3 is 4.74 Å². The Morgan fingerprint density at radius 3 is 2.20 bits per heavy atom. The third-order valence-electron chi connectivity index (χ3n) is 0.509. The Hall–Kier alpha value is -0.790. The molecule has 0 aliphatic carbocycles. The van der Waals surface area contributed by atoms with Crippen molar-refractivity contribution in [3.05, 3.63) is 12.7 Å². The fourth-order valence-electron chi connectivity index (χ4n) is 0.246. The Kier molecular flexibility index (Phi) is 13.2. The van der Waals surface area contributed by atoms with Gasteiger partial charge in [0.25, 0.3) is 0 Å². The van der Waals surface area contributed by atoms with Gasteiger partial charge in [-0.15, -0.1) is 6.58 Å². The highest BCUT2D eigenvalue weighted by atomic mass is 16.5. The van der Waals surface area contributed by atoms with Crippen molar-refractivity contribution in [2.24, 2.45) is 0 Å². The largest absolute Gasteiger partial charge is 0.466 e. The van der Waals surface area contributed by atoms with Crippen LogP contribution in [0.15, 0.2) is 12.7 Å². The molecule has 60 valence electrons. The van der Waals surface area contributed by atoms with Crippen molar-refractivity contribution in [3.63, 3.8) is 0 Å². The van der Waals surface area contributed by atoms with Crippen molar-refractivity contribution >= 4 is 5.97 Å². The number of hydrogen-bond acceptors (Lipinski definition) is 2. The van der Waals surface area contributed by atoms with E-state index < -0.39 is 0 Å². The minimum Gasteiger partial charge on any atom is -0.466 e. The summed E-state index contributed by atoms with van der Waals surface area (Å²) in [5.41, 5.74) is 0. The number of hydrogen-bond donors (Lipinski definition) is 0. The van der Waals surface area contributed by atoms with Crippen molar-refractivity contribution < 1.29 is 9.53 Å². The first-order chi connectivity index (χ1) is 4.68. The van der Waals surface area contributed by atoms with E-state index in [1.807, 2.05) is 13.8 Å². The van der Waals surface area contributed by atoms with Crippen LogP contribution >= 0.6 is 0 Å². The summed E-state index contributed by atoms with van der Waals surface area (Å²) in [6.45, 7) is 9.17. The van der Waals surface area contributed by atoms with E-state index >= 15 is 0 Å². The van der Waals surface area contributed by atoms with Gasteiger partial charge in [0.2, 0.25) is 0 Å². The van der Waals surface area contributed by atoms with Crippen LogP contribution in [0.2, 0.25) is 0 Å². The molecule has 0 saturated carbocycles. The molecule has 0 atom stereocenters. The summed E-state index contributed by atoms with van der Waals surface area (Å²) in [4.78, 5) is 9.98. The first kappa shape index (κ1) is 11.9. The number of ether oxygens (including phenoxy) is 1. The van der Waals surface area contributed by atoms with Gasteiger partial charge in [-0.05, 0) is 13.3 Å². The van der Waals surface area contributed by atoms with Gasteiger partial charge in [0.05, 0.1) is 6.61 Å². The molecule has 2 nitrogen and oxygen atoms in total. The Morgan fingerprint density at radius 2 is 2.10 bits per heavy atom. The van der Waals surface area contributed by atoms with E-state index in [9.17, 15) is 4.79 Å². The SMILES string of the molecule is C=CC.CCCOC(C)=O. The second-order valence-electron chi connectivity index (χ2n) is 1.75. The zero-order valence-corrected chi connectivity index (χ0v) is 7.02. The van der Waals surface area contributed by atoms with Crippen LogP contribution in [0.3, 0.4) is 0 Å². The van der Waals surface area contributed by atoms with Crippen molar-refractivity contribution in [1.82, 2.24) is 0 Å². The monoisotopic (exact) mass is 144 g/mol. The maximum Gasteiger partial charge on any atom is 0.302 e. The molecule has 0 unspecified atom stereocenters. The second kappa shape index (κ2) is 11.1. The molecule has 0 amide bonds. The van der Waals surface area contributed by atoms with Crippen LogP contribution in [0.5, 0.6) is 0 Å². The zero-order chi connectivity index (χ0) is 8.41. The van der Waals surface area contributed by atoms with Crippen molar-refractivity contribution in [3.8, 4) is 0 Å². The van der Waals surface area contributed by atoms with Gasteiger partial charge in [0, 0.05) is 6.92 Å². The number of carbonyl (C=O) groups excluding carboxylic acids is 1. The maximum absolute atomic E-state index is 9.98. The lowest BCUT2D eigenvalue weighted by atomic mass is 10.5. The van der Waals surface area contributed by atoms with Gasteiger partial charge in [-0.3, -0.25) is 4.79 Å². The molecule has 0 aromatic rings. The fraction of sp³-hybridized carbons (Fsp3) is 0.625. The predicted octanol–water partition coefficient (Wildman–Crippen LogP) is 2.15. The summed E-state index contributed by atoms with van der Waals surface area (Å²) < 4.78 is 4.55. The van der Waals surface area contributed by atoms with E-state index in [0.29, 0.717) is 6.61 Å². The van der Waals surface area contributed by atoms with Gasteiger partial charge in [0.1, 0.15) is 0 Å². The molecule has 10 heavy (non-hydrogen) atoms. The normalized spacial score (nSPS) is 7.10. The first-order valence-corrected chi connectivity index (χ1v) is 3.39. The van der Waals surface area contributed by atoms with Crippen LogP contribution in [-0.4, -0.2) is 12.6 Å². The van der Waals surface area contributed by atoms with E-state index in [1.54, 1.807) is 6.08 Å². The average Bonchev–Trinajstić information content (AvgIpc) is 1.85. The molecule has 0 rings (SSSR count). The predicted molar refractivity (Wildman–Crippen MR) is 42.8 cm³/mol. The van der Waals surface area contributed by atoms with E-state index in [2.05, 4.69) is 11.3 Å². The molecule has 0 aromatic heterocycles. The number of esters is 1. The lowest BCUT2D eigenvalue weighted by Gasteiger charge is -1.93. The molecular formula is C8H16O2. The topological polar surface area (TPSA) is 26.3 Å². The molecule has 0 aliphatic heterocycles. The van der Waals surface area contributed by atoms with Crippen LogP contribution < -0.4 is 0 Å². The summed E-state index contributed by atoms with van der Waals surface area (Å²) in [6.07, 6.45) is 2.65. The van der Waals surface area contributed by atoms with Crippen molar-refractivity contribution in [2.75, 3.05) is 6.61 Å². The standard InChI is InChI=1S/C5H10O2.C3H6/c1-3-4-7-5(2)6;1-3-2/h3-4H2,1-2H3;3H,1H2,2H3. The Labute approximate surface area is 62.9 Å². The Balaban J connectivity index is 0. The Morgan fingerprint density at radius 1 is 1.70 bits per heavy atom. The Bertz CT molecular complexity index is 87.3. The van der Waals surface area contributed by atoms with Gasteiger partial charge >= 0.3 is 5.97 Å². The van der Waals surface area contributed by atoms with Gasteiger partial charge in [-0.25, -0.2) is 0 Å². The third kappa shape index (κ3) is 27.0. The number of rotatable bonds is 2. The molecule has 0 aromatic carbocycles. The van der Waals surface area contributed by atoms with E-state index in [0.717, 1.165) is 6.42 Å². The molecule has 0 saturated heterocycles. The third-order valence-corrected chi connectivity index (χ3v) is 0.509. The number of carbonyl (C=O) groups is 1. The summed E-state index contributed by atoms with van der Waals surface area (Å²) in [7, 11) is 0. The minimum absolute atomic E-state index is 0.193. The van der Waals surface area contributed by atoms with Crippen LogP contribution in [0.1, 0.15) is 27.2 Å². The summed E-state index contributed by atoms with van der Waals surface area (Å²) in [5.74, 6) is -0.193. The quantitative estimate of drug-likeness (QED) is 0.438. The minimum atomic E-state index is -0.193. The van der Waals surface area contributed by atoms with Crippen LogP contribution in [-0.2, 0) is 9.53 Å². The first-order valence-electron chi connectivity index (χ1n) is 3.39. The van der Waals surface area contributed by atoms with Crippen LogP contribution in [0, 0.1) is 0 Å². The van der Waals surface area contributed by atoms with E-state index in [4.69, 9.17) is 0 Å². The zero-order valence-electron chi connectivity index (χ0n) is 7.02. The molecule has 0 heterocycles. The van der Waals surface area contributed by atoms with Crippen molar-refractivity contribution in [1.29, 1.82) is 0 Å². The molecule has 2 heteroatoms. The van der Waals surface area contributed by atoms with Crippen LogP contribution in [0.25, 0.3) is 0 Å². The van der Waals surface area contributed by atoms with Gasteiger partial charge in [-0.2, -0.15) is 0 Å². The molecule has 0 aliphatic rings. The van der Waals surface area contributed by atoms with E-state index in [1.165, 1.54) is 6.92 Å². The van der Waals surface area contributed by atoms with Crippen LogP contribution in [0.4, 0.5) is 0 Å². The summed E-state index contributed by atoms with van der Waals surface area (Å²) in [5, 5.41) is 0. The van der Waals surface area contributed by atoms with Gasteiger partial charge in [-0.1, -0.05) is 13.0 Å². The smallest absolute Gasteiger partial charge is 0.302 e. The molecule has 0 fully saturated rings. The number of allylic oxidation sites excluding steroid dienone is 1. The molecule has 0 bridgehead atoms. The highest BCUT2D eigenvalue weighted by Crippen LogP contribution is 1.78. The highest BCUT2D eigenvalue weighted by molar-refractivity contribution is 5.65.